The zero-order chi connectivity index (χ0) is 25.2. The smallest absolute Gasteiger partial charge is 0.317 e. The molecule has 10 heteroatoms. The molecule has 1 aromatic carbocycles. The maximum absolute atomic E-state index is 12.4. The first kappa shape index (κ1) is 24.2. The predicted molar refractivity (Wildman–Crippen MR) is 138 cm³/mol. The SMILES string of the molecule is Cc1cc(-c2ccnc(Nc3cnn(C4CN(C)C4)c3)n2)ccc1CNC(=O)N1CC(OC(C)C)C1. The molecule has 0 saturated carbocycles. The largest absolute Gasteiger partial charge is 0.372 e. The third kappa shape index (κ3) is 5.50. The standard InChI is InChI=1S/C26H34N8O2/c1-17(2)36-23-15-33(16-23)26(35)28-10-20-6-5-19(9-18(20)3)24-7-8-27-25(31-24)30-21-11-29-34(12-21)22-13-32(4)14-22/h5-9,11-12,17,22-23H,10,13-16H2,1-4H3,(H,28,35)(H,27,30,31). The zero-order valence-corrected chi connectivity index (χ0v) is 21.3. The number of carbonyl (C=O) groups is 1. The van der Waals surface area contributed by atoms with E-state index in [1.165, 1.54) is 0 Å². The van der Waals surface area contributed by atoms with Crippen molar-refractivity contribution in [3.63, 3.8) is 0 Å². The van der Waals surface area contributed by atoms with Crippen molar-refractivity contribution in [2.75, 3.05) is 38.5 Å². The Balaban J connectivity index is 1.17. The maximum atomic E-state index is 12.4. The van der Waals surface area contributed by atoms with Gasteiger partial charge in [0.15, 0.2) is 0 Å². The summed E-state index contributed by atoms with van der Waals surface area (Å²) in [7, 11) is 2.11. The van der Waals surface area contributed by atoms with Crippen LogP contribution >= 0.6 is 0 Å². The van der Waals surface area contributed by atoms with Crippen LogP contribution in [0.2, 0.25) is 0 Å². The number of hydrogen-bond acceptors (Lipinski definition) is 7. The fourth-order valence-electron chi connectivity index (χ4n) is 4.56. The van der Waals surface area contributed by atoms with E-state index in [1.807, 2.05) is 49.8 Å². The van der Waals surface area contributed by atoms with Crippen molar-refractivity contribution in [3.8, 4) is 11.3 Å². The Morgan fingerprint density at radius 2 is 2.00 bits per heavy atom. The fourth-order valence-corrected chi connectivity index (χ4v) is 4.56. The van der Waals surface area contributed by atoms with Gasteiger partial charge >= 0.3 is 6.03 Å². The first-order chi connectivity index (χ1) is 17.3. The average molecular weight is 491 g/mol. The molecule has 36 heavy (non-hydrogen) atoms. The number of likely N-dealkylation sites (tertiary alicyclic amines) is 2. The van der Waals surface area contributed by atoms with E-state index < -0.39 is 0 Å². The Kier molecular flexibility index (Phi) is 6.88. The van der Waals surface area contributed by atoms with Crippen LogP contribution in [0.25, 0.3) is 11.3 Å². The third-order valence-corrected chi connectivity index (χ3v) is 6.60. The molecule has 0 bridgehead atoms. The van der Waals surface area contributed by atoms with Crippen LogP contribution < -0.4 is 10.6 Å². The van der Waals surface area contributed by atoms with Gasteiger partial charge in [0.2, 0.25) is 5.95 Å². The van der Waals surface area contributed by atoms with Crippen LogP contribution in [0.15, 0.2) is 42.9 Å². The quantitative estimate of drug-likeness (QED) is 0.500. The number of amides is 2. The van der Waals surface area contributed by atoms with Gasteiger partial charge in [-0.1, -0.05) is 12.1 Å². The molecule has 0 unspecified atom stereocenters. The van der Waals surface area contributed by atoms with Crippen LogP contribution in [-0.4, -0.2) is 81.0 Å². The van der Waals surface area contributed by atoms with Gasteiger partial charge in [-0.05, 0) is 51.1 Å². The molecule has 10 nitrogen and oxygen atoms in total. The van der Waals surface area contributed by atoms with Crippen LogP contribution in [0.1, 0.15) is 31.0 Å². The minimum atomic E-state index is -0.0544. The van der Waals surface area contributed by atoms with Gasteiger partial charge in [-0.3, -0.25) is 4.68 Å². The van der Waals surface area contributed by atoms with Crippen molar-refractivity contribution in [1.29, 1.82) is 0 Å². The third-order valence-electron chi connectivity index (χ3n) is 6.60. The summed E-state index contributed by atoms with van der Waals surface area (Å²) in [6.45, 7) is 9.87. The number of urea groups is 1. The number of hydrogen-bond donors (Lipinski definition) is 2. The Bertz CT molecular complexity index is 1210. The van der Waals surface area contributed by atoms with Crippen molar-refractivity contribution in [2.45, 2.75) is 45.6 Å². The molecular formula is C26H34N8O2. The summed E-state index contributed by atoms with van der Waals surface area (Å²) in [5.41, 5.74) is 4.86. The van der Waals surface area contributed by atoms with Gasteiger partial charge in [0.25, 0.3) is 0 Å². The molecule has 0 spiro atoms. The van der Waals surface area contributed by atoms with E-state index in [2.05, 4.69) is 38.7 Å². The number of benzene rings is 1. The highest BCUT2D eigenvalue weighted by Crippen LogP contribution is 2.24. The lowest BCUT2D eigenvalue weighted by Crippen LogP contribution is -2.58. The van der Waals surface area contributed by atoms with Gasteiger partial charge in [-0.25, -0.2) is 14.8 Å². The van der Waals surface area contributed by atoms with Crippen molar-refractivity contribution >= 4 is 17.7 Å². The van der Waals surface area contributed by atoms with Gasteiger partial charge in [-0.2, -0.15) is 5.10 Å². The molecule has 2 aliphatic rings. The Morgan fingerprint density at radius 3 is 2.72 bits per heavy atom. The molecule has 2 aliphatic heterocycles. The van der Waals surface area contributed by atoms with E-state index in [0.717, 1.165) is 41.2 Å². The highest BCUT2D eigenvalue weighted by molar-refractivity contribution is 5.75. The van der Waals surface area contributed by atoms with Crippen LogP contribution in [0, 0.1) is 6.92 Å². The molecular weight excluding hydrogens is 456 g/mol. The van der Waals surface area contributed by atoms with Gasteiger partial charge in [0.05, 0.1) is 48.9 Å². The van der Waals surface area contributed by atoms with E-state index in [1.54, 1.807) is 17.3 Å². The normalized spacial score (nSPS) is 16.6. The molecule has 2 N–H and O–H groups in total. The van der Waals surface area contributed by atoms with Crippen LogP contribution in [0.5, 0.6) is 0 Å². The molecule has 4 heterocycles. The average Bonchev–Trinajstić information content (AvgIpc) is 3.26. The summed E-state index contributed by atoms with van der Waals surface area (Å²) in [6, 6.07) is 8.43. The van der Waals surface area contributed by atoms with Gasteiger partial charge in [-0.15, -0.1) is 0 Å². The molecule has 2 aromatic heterocycles. The lowest BCUT2D eigenvalue weighted by molar-refractivity contribution is -0.0641. The molecule has 2 saturated heterocycles. The molecule has 0 atom stereocenters. The predicted octanol–water partition coefficient (Wildman–Crippen LogP) is 3.20. The molecule has 190 valence electrons. The van der Waals surface area contributed by atoms with Gasteiger partial charge in [0, 0.05) is 37.6 Å². The second kappa shape index (κ2) is 10.2. The number of nitrogens with zero attached hydrogens (tertiary/aromatic N) is 6. The molecule has 3 aromatic rings. The summed E-state index contributed by atoms with van der Waals surface area (Å²) < 4.78 is 7.72. The number of ether oxygens (including phenoxy) is 1. The Morgan fingerprint density at radius 1 is 1.19 bits per heavy atom. The fraction of sp³-hybridized carbons (Fsp3) is 0.462. The van der Waals surface area contributed by atoms with E-state index in [9.17, 15) is 4.79 Å². The monoisotopic (exact) mass is 490 g/mol. The number of rotatable bonds is 8. The minimum Gasteiger partial charge on any atom is -0.372 e. The van der Waals surface area contributed by atoms with Crippen molar-refractivity contribution in [3.05, 3.63) is 54.0 Å². The summed E-state index contributed by atoms with van der Waals surface area (Å²) in [5, 5.41) is 10.7. The second-order valence-corrected chi connectivity index (χ2v) is 9.99. The minimum absolute atomic E-state index is 0.0544. The van der Waals surface area contributed by atoms with E-state index >= 15 is 0 Å². The van der Waals surface area contributed by atoms with Gasteiger partial charge in [0.1, 0.15) is 0 Å². The molecule has 2 fully saturated rings. The zero-order valence-electron chi connectivity index (χ0n) is 21.3. The lowest BCUT2D eigenvalue weighted by atomic mass is 10.0. The molecule has 0 radical (unpaired) electrons. The number of aryl methyl sites for hydroxylation is 1. The number of likely N-dealkylation sites (N-methyl/N-ethyl adjacent to an activating group) is 1. The Labute approximate surface area is 211 Å². The first-order valence-corrected chi connectivity index (χ1v) is 12.4. The van der Waals surface area contributed by atoms with Crippen molar-refractivity contribution in [2.24, 2.45) is 0 Å². The molecule has 5 rings (SSSR count). The molecule has 0 aliphatic carbocycles. The van der Waals surface area contributed by atoms with Crippen LogP contribution in [-0.2, 0) is 11.3 Å². The number of anilines is 2. The summed E-state index contributed by atoms with van der Waals surface area (Å²) in [5.74, 6) is 0.529. The molecule has 2 amide bonds. The summed E-state index contributed by atoms with van der Waals surface area (Å²) in [6.07, 6.45) is 5.88. The van der Waals surface area contributed by atoms with Gasteiger partial charge < -0.3 is 25.2 Å². The maximum Gasteiger partial charge on any atom is 0.317 e. The highest BCUT2D eigenvalue weighted by atomic mass is 16.5. The number of aromatic nitrogens is 4. The number of nitrogens with one attached hydrogen (secondary N) is 2. The number of carbonyl (C=O) groups excluding carboxylic acids is 1. The Hall–Kier alpha value is -3.50. The summed E-state index contributed by atoms with van der Waals surface area (Å²) in [4.78, 5) is 25.5. The van der Waals surface area contributed by atoms with E-state index in [-0.39, 0.29) is 18.2 Å². The summed E-state index contributed by atoms with van der Waals surface area (Å²) >= 11 is 0. The van der Waals surface area contributed by atoms with E-state index in [0.29, 0.717) is 31.6 Å². The second-order valence-electron chi connectivity index (χ2n) is 9.99. The van der Waals surface area contributed by atoms with Crippen molar-refractivity contribution < 1.29 is 9.53 Å². The highest BCUT2D eigenvalue weighted by Gasteiger charge is 2.31. The first-order valence-electron chi connectivity index (χ1n) is 12.4. The lowest BCUT2D eigenvalue weighted by Gasteiger charge is -2.39. The van der Waals surface area contributed by atoms with Crippen molar-refractivity contribution in [1.82, 2.24) is 34.9 Å². The van der Waals surface area contributed by atoms with Crippen LogP contribution in [0.3, 0.4) is 0 Å². The topological polar surface area (TPSA) is 100 Å². The van der Waals surface area contributed by atoms with E-state index in [4.69, 9.17) is 9.72 Å². The van der Waals surface area contributed by atoms with Crippen LogP contribution in [0.4, 0.5) is 16.4 Å².